The third kappa shape index (κ3) is 3.79. The first kappa shape index (κ1) is 14.4. The summed E-state index contributed by atoms with van der Waals surface area (Å²) in [6.07, 6.45) is 10.0. The van der Waals surface area contributed by atoms with Crippen LogP contribution in [0.25, 0.3) is 11.3 Å². The number of aryl methyl sites for hydroxylation is 1. The molecule has 1 N–H and O–H groups in total. The maximum atomic E-state index is 4.53. The highest BCUT2D eigenvalue weighted by Gasteiger charge is 2.14. The number of anilines is 1. The lowest BCUT2D eigenvalue weighted by Gasteiger charge is -2.23. The van der Waals surface area contributed by atoms with Gasteiger partial charge in [-0.05, 0) is 41.8 Å². The molecule has 0 aromatic carbocycles. The Bertz CT molecular complexity index is 623. The minimum Gasteiger partial charge on any atom is -0.367 e. The molecule has 0 saturated heterocycles. The van der Waals surface area contributed by atoms with Gasteiger partial charge >= 0.3 is 0 Å². The molecule has 0 amide bonds. The average molecular weight is 347 g/mol. The highest BCUT2D eigenvalue weighted by Crippen LogP contribution is 2.25. The number of pyridine rings is 1. The predicted molar refractivity (Wildman–Crippen MR) is 88.2 cm³/mol. The fourth-order valence-electron chi connectivity index (χ4n) is 2.80. The molecule has 1 aliphatic rings. The molecule has 3 rings (SSSR count). The Kier molecular flexibility index (Phi) is 4.48. The van der Waals surface area contributed by atoms with E-state index in [-0.39, 0.29) is 0 Å². The summed E-state index contributed by atoms with van der Waals surface area (Å²) in [4.78, 5) is 13.3. The van der Waals surface area contributed by atoms with Gasteiger partial charge < -0.3 is 5.32 Å². The quantitative estimate of drug-likeness (QED) is 0.897. The second-order valence-electron chi connectivity index (χ2n) is 5.56. The van der Waals surface area contributed by atoms with Crippen molar-refractivity contribution in [2.45, 2.75) is 45.1 Å². The van der Waals surface area contributed by atoms with Crippen molar-refractivity contribution in [2.75, 3.05) is 5.32 Å². The molecule has 1 fully saturated rings. The van der Waals surface area contributed by atoms with Crippen molar-refractivity contribution in [3.63, 3.8) is 0 Å². The molecule has 2 aromatic heterocycles. The number of nitrogens with one attached hydrogen (secondary N) is 1. The van der Waals surface area contributed by atoms with Crippen molar-refractivity contribution in [3.05, 3.63) is 34.8 Å². The van der Waals surface area contributed by atoms with E-state index >= 15 is 0 Å². The minimum absolute atomic E-state index is 0.543. The number of halogens is 1. The molecule has 1 aliphatic carbocycles. The maximum absolute atomic E-state index is 4.53. The molecule has 0 aliphatic heterocycles. The summed E-state index contributed by atoms with van der Waals surface area (Å²) in [5.74, 6) is 1.70. The van der Waals surface area contributed by atoms with Gasteiger partial charge in [0, 0.05) is 34.5 Å². The minimum atomic E-state index is 0.543. The predicted octanol–water partition coefficient (Wildman–Crippen LogP) is 4.35. The smallest absolute Gasteiger partial charge is 0.130 e. The lowest BCUT2D eigenvalue weighted by Crippen LogP contribution is -2.23. The Labute approximate surface area is 133 Å². The molecule has 0 atom stereocenters. The molecule has 110 valence electrons. The highest BCUT2D eigenvalue weighted by molar-refractivity contribution is 9.10. The molecular weight excluding hydrogens is 328 g/mol. The Hall–Kier alpha value is -1.49. The molecule has 21 heavy (non-hydrogen) atoms. The van der Waals surface area contributed by atoms with Crippen LogP contribution < -0.4 is 5.32 Å². The lowest BCUT2D eigenvalue weighted by atomic mass is 9.95. The van der Waals surface area contributed by atoms with E-state index in [9.17, 15) is 0 Å². The second kappa shape index (κ2) is 6.52. The Morgan fingerprint density at radius 1 is 1.10 bits per heavy atom. The summed E-state index contributed by atoms with van der Waals surface area (Å²) in [7, 11) is 0. The van der Waals surface area contributed by atoms with Crippen molar-refractivity contribution < 1.29 is 0 Å². The van der Waals surface area contributed by atoms with Gasteiger partial charge in [0.1, 0.15) is 11.6 Å². The maximum Gasteiger partial charge on any atom is 0.130 e. The van der Waals surface area contributed by atoms with E-state index in [1.54, 1.807) is 6.20 Å². The molecule has 4 nitrogen and oxygen atoms in total. The van der Waals surface area contributed by atoms with E-state index in [0.29, 0.717) is 6.04 Å². The Morgan fingerprint density at radius 3 is 2.67 bits per heavy atom. The largest absolute Gasteiger partial charge is 0.367 e. The number of rotatable bonds is 3. The lowest BCUT2D eigenvalue weighted by molar-refractivity contribution is 0.462. The third-order valence-electron chi connectivity index (χ3n) is 3.80. The summed E-state index contributed by atoms with van der Waals surface area (Å²) in [5.41, 5.74) is 1.91. The van der Waals surface area contributed by atoms with Crippen LogP contribution in [0.1, 0.15) is 37.9 Å². The van der Waals surface area contributed by atoms with Gasteiger partial charge in [-0.25, -0.2) is 9.97 Å². The van der Waals surface area contributed by atoms with Crippen LogP contribution >= 0.6 is 15.9 Å². The van der Waals surface area contributed by atoms with E-state index in [4.69, 9.17) is 0 Å². The van der Waals surface area contributed by atoms with Gasteiger partial charge in [-0.2, -0.15) is 0 Å². The van der Waals surface area contributed by atoms with Crippen molar-refractivity contribution in [1.82, 2.24) is 15.0 Å². The van der Waals surface area contributed by atoms with Gasteiger partial charge in [0.05, 0.1) is 5.69 Å². The highest BCUT2D eigenvalue weighted by atomic mass is 79.9. The van der Waals surface area contributed by atoms with E-state index in [0.717, 1.165) is 27.4 Å². The average Bonchev–Trinajstić information content (AvgIpc) is 2.48. The van der Waals surface area contributed by atoms with Gasteiger partial charge in [-0.1, -0.05) is 19.3 Å². The zero-order chi connectivity index (χ0) is 14.7. The second-order valence-corrected chi connectivity index (χ2v) is 6.47. The van der Waals surface area contributed by atoms with E-state index in [2.05, 4.69) is 36.2 Å². The molecule has 2 aromatic rings. The number of nitrogens with zero attached hydrogens (tertiary/aromatic N) is 3. The van der Waals surface area contributed by atoms with Gasteiger partial charge in [0.15, 0.2) is 0 Å². The van der Waals surface area contributed by atoms with Gasteiger partial charge in [0.2, 0.25) is 0 Å². The van der Waals surface area contributed by atoms with E-state index in [1.165, 1.54) is 32.1 Å². The fourth-order valence-corrected chi connectivity index (χ4v) is 3.16. The van der Waals surface area contributed by atoms with Crippen LogP contribution in [0.5, 0.6) is 0 Å². The summed E-state index contributed by atoms with van der Waals surface area (Å²) < 4.78 is 0.957. The zero-order valence-corrected chi connectivity index (χ0v) is 13.7. The Balaban J connectivity index is 1.85. The third-order valence-corrected chi connectivity index (χ3v) is 4.23. The van der Waals surface area contributed by atoms with Crippen LogP contribution in [0.3, 0.4) is 0 Å². The van der Waals surface area contributed by atoms with Crippen molar-refractivity contribution in [2.24, 2.45) is 0 Å². The summed E-state index contributed by atoms with van der Waals surface area (Å²) in [5, 5.41) is 3.56. The van der Waals surface area contributed by atoms with Crippen molar-refractivity contribution in [1.29, 1.82) is 0 Å². The molecule has 5 heteroatoms. The number of hydrogen-bond acceptors (Lipinski definition) is 4. The van der Waals surface area contributed by atoms with Crippen LogP contribution in [0.4, 0.5) is 5.82 Å². The van der Waals surface area contributed by atoms with Crippen LogP contribution in [-0.4, -0.2) is 21.0 Å². The van der Waals surface area contributed by atoms with Crippen LogP contribution in [0, 0.1) is 6.92 Å². The zero-order valence-electron chi connectivity index (χ0n) is 12.1. The number of hydrogen-bond donors (Lipinski definition) is 1. The van der Waals surface area contributed by atoms with Crippen molar-refractivity contribution in [3.8, 4) is 11.3 Å². The normalized spacial score (nSPS) is 15.9. The molecule has 0 unspecified atom stereocenters. The van der Waals surface area contributed by atoms with E-state index < -0.39 is 0 Å². The molecule has 0 radical (unpaired) electrons. The number of aromatic nitrogens is 3. The van der Waals surface area contributed by atoms with Gasteiger partial charge in [0.25, 0.3) is 0 Å². The first-order valence-electron chi connectivity index (χ1n) is 7.44. The van der Waals surface area contributed by atoms with Crippen LogP contribution in [-0.2, 0) is 0 Å². The van der Waals surface area contributed by atoms with Crippen molar-refractivity contribution >= 4 is 21.7 Å². The van der Waals surface area contributed by atoms with Crippen LogP contribution in [0.2, 0.25) is 0 Å². The van der Waals surface area contributed by atoms with Crippen LogP contribution in [0.15, 0.2) is 29.0 Å². The monoisotopic (exact) mass is 346 g/mol. The molecule has 2 heterocycles. The fraction of sp³-hybridized carbons (Fsp3) is 0.438. The Morgan fingerprint density at radius 2 is 1.90 bits per heavy atom. The van der Waals surface area contributed by atoms with E-state index in [1.807, 2.05) is 25.3 Å². The topological polar surface area (TPSA) is 50.7 Å². The molecule has 1 saturated carbocycles. The summed E-state index contributed by atoms with van der Waals surface area (Å²) in [6, 6.07) is 4.59. The SMILES string of the molecule is Cc1nc(NC2CCCCC2)cc(-c2cncc(Br)c2)n1. The standard InChI is InChI=1S/C16H19BrN4/c1-11-19-15(12-7-13(17)10-18-9-12)8-16(20-11)21-14-5-3-2-4-6-14/h7-10,14H,2-6H2,1H3,(H,19,20,21). The first-order valence-corrected chi connectivity index (χ1v) is 8.23. The summed E-state index contributed by atoms with van der Waals surface area (Å²) in [6.45, 7) is 1.93. The first-order chi connectivity index (χ1) is 10.2. The summed E-state index contributed by atoms with van der Waals surface area (Å²) >= 11 is 3.45. The molecule has 0 spiro atoms. The molecule has 0 bridgehead atoms. The molecular formula is C16H19BrN4. The van der Waals surface area contributed by atoms with Gasteiger partial charge in [-0.15, -0.1) is 0 Å². The van der Waals surface area contributed by atoms with Gasteiger partial charge in [-0.3, -0.25) is 4.98 Å².